The third-order valence-electron chi connectivity index (χ3n) is 1.72. The number of hydrogen-bond acceptors (Lipinski definition) is 2. The van der Waals surface area contributed by atoms with Crippen molar-refractivity contribution >= 4 is 0 Å². The summed E-state index contributed by atoms with van der Waals surface area (Å²) < 4.78 is 4.97. The first-order chi connectivity index (χ1) is 5.33. The number of rotatable bonds is 4. The lowest BCUT2D eigenvalue weighted by Crippen LogP contribution is -2.17. The molecule has 0 amide bonds. The van der Waals surface area contributed by atoms with Crippen LogP contribution in [0.15, 0.2) is 23.0 Å². The summed E-state index contributed by atoms with van der Waals surface area (Å²) in [4.78, 5) is 0. The normalized spacial score (nSPS) is 13.3. The van der Waals surface area contributed by atoms with E-state index in [-0.39, 0.29) is 0 Å². The van der Waals surface area contributed by atoms with Gasteiger partial charge >= 0.3 is 0 Å². The highest BCUT2D eigenvalue weighted by atomic mass is 16.3. The van der Waals surface area contributed by atoms with E-state index in [1.54, 1.807) is 6.26 Å². The lowest BCUT2D eigenvalue weighted by Gasteiger charge is -2.07. The second kappa shape index (κ2) is 4.19. The zero-order valence-electron chi connectivity index (χ0n) is 7.13. The van der Waals surface area contributed by atoms with Crippen LogP contribution >= 0.6 is 0 Å². The van der Waals surface area contributed by atoms with E-state index in [1.165, 1.54) is 5.56 Å². The third-order valence-corrected chi connectivity index (χ3v) is 1.72. The van der Waals surface area contributed by atoms with Crippen LogP contribution in [0.3, 0.4) is 0 Å². The van der Waals surface area contributed by atoms with Crippen molar-refractivity contribution in [2.45, 2.75) is 13.3 Å². The van der Waals surface area contributed by atoms with E-state index in [0.29, 0.717) is 5.92 Å². The van der Waals surface area contributed by atoms with Gasteiger partial charge in [-0.1, -0.05) is 6.92 Å². The molecule has 0 saturated heterocycles. The number of nitrogens with one attached hydrogen (secondary N) is 1. The van der Waals surface area contributed by atoms with Crippen LogP contribution in [0, 0.1) is 5.92 Å². The van der Waals surface area contributed by atoms with Gasteiger partial charge in [-0.3, -0.25) is 0 Å². The summed E-state index contributed by atoms with van der Waals surface area (Å²) >= 11 is 0. The van der Waals surface area contributed by atoms with Crippen LogP contribution in [0.2, 0.25) is 0 Å². The first-order valence-electron chi connectivity index (χ1n) is 3.98. The molecular weight excluding hydrogens is 138 g/mol. The van der Waals surface area contributed by atoms with Gasteiger partial charge in [-0.25, -0.2) is 0 Å². The van der Waals surface area contributed by atoms with Gasteiger partial charge in [-0.2, -0.15) is 0 Å². The van der Waals surface area contributed by atoms with E-state index in [2.05, 4.69) is 12.2 Å². The monoisotopic (exact) mass is 153 g/mol. The molecule has 1 rings (SSSR count). The van der Waals surface area contributed by atoms with Crippen molar-refractivity contribution in [3.63, 3.8) is 0 Å². The summed E-state index contributed by atoms with van der Waals surface area (Å²) in [6, 6.07) is 2.02. The molecule has 0 aromatic carbocycles. The fourth-order valence-electron chi connectivity index (χ4n) is 1.23. The second-order valence-electron chi connectivity index (χ2n) is 3.00. The van der Waals surface area contributed by atoms with E-state index < -0.39 is 0 Å². The fraction of sp³-hybridized carbons (Fsp3) is 0.556. The van der Waals surface area contributed by atoms with Gasteiger partial charge < -0.3 is 9.73 Å². The Bertz CT molecular complexity index is 181. The fourth-order valence-corrected chi connectivity index (χ4v) is 1.23. The summed E-state index contributed by atoms with van der Waals surface area (Å²) in [7, 11) is 1.98. The van der Waals surface area contributed by atoms with Gasteiger partial charge in [-0.05, 0) is 37.6 Å². The smallest absolute Gasteiger partial charge is 0.0934 e. The maximum Gasteiger partial charge on any atom is 0.0934 e. The van der Waals surface area contributed by atoms with Gasteiger partial charge in [0.1, 0.15) is 0 Å². The standard InChI is InChI=1S/C9H15NO/c1-8(6-10-2)5-9-3-4-11-7-9/h3-4,7-8,10H,5-6H2,1-2H3. The molecule has 0 spiro atoms. The quantitative estimate of drug-likeness (QED) is 0.712. The minimum atomic E-state index is 0.678. The summed E-state index contributed by atoms with van der Waals surface area (Å²) in [6.07, 6.45) is 4.63. The minimum Gasteiger partial charge on any atom is -0.472 e. The van der Waals surface area contributed by atoms with Crippen LogP contribution in [0.4, 0.5) is 0 Å². The van der Waals surface area contributed by atoms with Crippen LogP contribution in [0.1, 0.15) is 12.5 Å². The van der Waals surface area contributed by atoms with Crippen molar-refractivity contribution in [1.29, 1.82) is 0 Å². The third kappa shape index (κ3) is 2.76. The Hall–Kier alpha value is -0.760. The maximum absolute atomic E-state index is 4.97. The molecule has 0 saturated carbocycles. The van der Waals surface area contributed by atoms with E-state index in [1.807, 2.05) is 19.4 Å². The first kappa shape index (κ1) is 8.34. The van der Waals surface area contributed by atoms with Gasteiger partial charge in [0, 0.05) is 0 Å². The number of hydrogen-bond donors (Lipinski definition) is 1. The SMILES string of the molecule is CNCC(C)Cc1ccoc1. The van der Waals surface area contributed by atoms with Crippen LogP contribution in [0.5, 0.6) is 0 Å². The number of furan rings is 1. The first-order valence-corrected chi connectivity index (χ1v) is 3.98. The molecule has 0 radical (unpaired) electrons. The zero-order valence-corrected chi connectivity index (χ0v) is 7.13. The maximum atomic E-state index is 4.97. The predicted octanol–water partition coefficient (Wildman–Crippen LogP) is 1.68. The minimum absolute atomic E-state index is 0.678. The van der Waals surface area contributed by atoms with Crippen molar-refractivity contribution in [1.82, 2.24) is 5.32 Å². The van der Waals surface area contributed by atoms with Gasteiger partial charge in [0.05, 0.1) is 12.5 Å². The Morgan fingerprint density at radius 1 is 1.64 bits per heavy atom. The summed E-state index contributed by atoms with van der Waals surface area (Å²) in [5.74, 6) is 0.678. The largest absolute Gasteiger partial charge is 0.472 e. The summed E-state index contributed by atoms with van der Waals surface area (Å²) in [5.41, 5.74) is 1.28. The molecule has 1 atom stereocenters. The van der Waals surface area contributed by atoms with Gasteiger partial charge in [0.2, 0.25) is 0 Å². The van der Waals surface area contributed by atoms with Crippen molar-refractivity contribution < 1.29 is 4.42 Å². The van der Waals surface area contributed by atoms with Gasteiger partial charge in [0.15, 0.2) is 0 Å². The molecule has 1 aromatic rings. The lowest BCUT2D eigenvalue weighted by molar-refractivity contribution is 0.528. The van der Waals surface area contributed by atoms with Crippen molar-refractivity contribution in [3.8, 4) is 0 Å². The Labute approximate surface area is 67.6 Å². The molecule has 2 nitrogen and oxygen atoms in total. The van der Waals surface area contributed by atoms with E-state index in [0.717, 1.165) is 13.0 Å². The van der Waals surface area contributed by atoms with Crippen LogP contribution in [-0.2, 0) is 6.42 Å². The Kier molecular flexibility index (Phi) is 3.17. The molecule has 1 aromatic heterocycles. The molecule has 0 aliphatic rings. The van der Waals surface area contributed by atoms with Crippen molar-refractivity contribution in [2.24, 2.45) is 5.92 Å². The molecule has 0 fully saturated rings. The predicted molar refractivity (Wildman–Crippen MR) is 45.5 cm³/mol. The van der Waals surface area contributed by atoms with Crippen molar-refractivity contribution in [2.75, 3.05) is 13.6 Å². The van der Waals surface area contributed by atoms with Crippen LogP contribution < -0.4 is 5.32 Å². The molecule has 62 valence electrons. The highest BCUT2D eigenvalue weighted by Crippen LogP contribution is 2.07. The highest BCUT2D eigenvalue weighted by Gasteiger charge is 2.02. The average Bonchev–Trinajstić information content (AvgIpc) is 2.40. The van der Waals surface area contributed by atoms with Crippen LogP contribution in [-0.4, -0.2) is 13.6 Å². The van der Waals surface area contributed by atoms with Crippen LogP contribution in [0.25, 0.3) is 0 Å². The Morgan fingerprint density at radius 3 is 3.00 bits per heavy atom. The molecule has 1 heterocycles. The van der Waals surface area contributed by atoms with Crippen molar-refractivity contribution in [3.05, 3.63) is 24.2 Å². The lowest BCUT2D eigenvalue weighted by atomic mass is 10.0. The molecule has 0 aliphatic carbocycles. The Morgan fingerprint density at radius 2 is 2.45 bits per heavy atom. The van der Waals surface area contributed by atoms with Gasteiger partial charge in [0.25, 0.3) is 0 Å². The molecule has 0 bridgehead atoms. The zero-order chi connectivity index (χ0) is 8.10. The molecular formula is C9H15NO. The Balaban J connectivity index is 2.31. The molecule has 1 unspecified atom stereocenters. The van der Waals surface area contributed by atoms with E-state index in [9.17, 15) is 0 Å². The second-order valence-corrected chi connectivity index (χ2v) is 3.00. The van der Waals surface area contributed by atoms with Gasteiger partial charge in [-0.15, -0.1) is 0 Å². The average molecular weight is 153 g/mol. The molecule has 1 N–H and O–H groups in total. The molecule has 0 aliphatic heterocycles. The highest BCUT2D eigenvalue weighted by molar-refractivity contribution is 5.05. The van der Waals surface area contributed by atoms with E-state index >= 15 is 0 Å². The topological polar surface area (TPSA) is 25.2 Å². The molecule has 2 heteroatoms. The van der Waals surface area contributed by atoms with E-state index in [4.69, 9.17) is 4.42 Å². The summed E-state index contributed by atoms with van der Waals surface area (Å²) in [6.45, 7) is 3.29. The molecule has 11 heavy (non-hydrogen) atoms. The summed E-state index contributed by atoms with van der Waals surface area (Å²) in [5, 5.41) is 3.15.